The van der Waals surface area contributed by atoms with Gasteiger partial charge in [0, 0.05) is 24.2 Å². The fraction of sp³-hybridized carbons (Fsp3) is 0. The lowest BCUT2D eigenvalue weighted by Gasteiger charge is -2.07. The Kier molecular flexibility index (Phi) is 4.14. The van der Waals surface area contributed by atoms with Crippen LogP contribution < -0.4 is 10.2 Å². The third kappa shape index (κ3) is 3.28. The molecule has 4 aromatic rings. The molecule has 6 heteroatoms. The van der Waals surface area contributed by atoms with Crippen LogP contribution in [0.4, 0.5) is 0 Å². The van der Waals surface area contributed by atoms with Gasteiger partial charge in [0.15, 0.2) is 5.43 Å². The van der Waals surface area contributed by atoms with Gasteiger partial charge in [-0.05, 0) is 54.1 Å². The van der Waals surface area contributed by atoms with Crippen LogP contribution in [0.1, 0.15) is 10.4 Å². The predicted molar refractivity (Wildman–Crippen MR) is 101 cm³/mol. The highest BCUT2D eigenvalue weighted by Gasteiger charge is 2.10. The quantitative estimate of drug-likeness (QED) is 0.432. The van der Waals surface area contributed by atoms with E-state index in [4.69, 9.17) is 4.74 Å². The highest BCUT2D eigenvalue weighted by Crippen LogP contribution is 2.25. The van der Waals surface area contributed by atoms with Gasteiger partial charge in [0.05, 0.1) is 16.5 Å². The minimum atomic E-state index is -0.495. The monoisotopic (exact) mass is 358 g/mol. The summed E-state index contributed by atoms with van der Waals surface area (Å²) in [6, 6.07) is 16.4. The van der Waals surface area contributed by atoms with Crippen LogP contribution in [0.2, 0.25) is 0 Å². The summed E-state index contributed by atoms with van der Waals surface area (Å²) in [5.41, 5.74) is 1.98. The Morgan fingerprint density at radius 3 is 2.59 bits per heavy atom. The first-order valence-corrected chi connectivity index (χ1v) is 8.19. The number of aromatic nitrogens is 2. The number of phenols is 1. The van der Waals surface area contributed by atoms with E-state index in [9.17, 15) is 14.7 Å². The van der Waals surface area contributed by atoms with Crippen molar-refractivity contribution in [3.05, 3.63) is 88.8 Å². The molecule has 0 amide bonds. The number of pyridine rings is 2. The number of carbonyl (C=O) groups excluding carboxylic acids is 1. The third-order valence-corrected chi connectivity index (χ3v) is 4.11. The first-order chi connectivity index (χ1) is 13.1. The van der Waals surface area contributed by atoms with Crippen molar-refractivity contribution in [3.8, 4) is 22.8 Å². The number of esters is 1. The van der Waals surface area contributed by atoms with E-state index >= 15 is 0 Å². The zero-order valence-corrected chi connectivity index (χ0v) is 14.0. The van der Waals surface area contributed by atoms with Crippen LogP contribution >= 0.6 is 0 Å². The Bertz CT molecular complexity index is 1180. The number of nitrogens with one attached hydrogen (secondary N) is 1. The summed E-state index contributed by atoms with van der Waals surface area (Å²) in [6.45, 7) is 0. The molecule has 4 rings (SSSR count). The van der Waals surface area contributed by atoms with Crippen molar-refractivity contribution in [2.75, 3.05) is 0 Å². The summed E-state index contributed by atoms with van der Waals surface area (Å²) in [4.78, 5) is 31.4. The van der Waals surface area contributed by atoms with Gasteiger partial charge < -0.3 is 14.8 Å². The minimum Gasteiger partial charge on any atom is -0.507 e. The molecule has 2 aromatic heterocycles. The molecule has 0 aliphatic carbocycles. The number of aromatic hydroxyl groups is 1. The molecule has 0 atom stereocenters. The zero-order chi connectivity index (χ0) is 18.8. The number of fused-ring (bicyclic) bond motifs is 1. The van der Waals surface area contributed by atoms with Crippen molar-refractivity contribution in [3.63, 3.8) is 0 Å². The molecule has 0 spiro atoms. The number of carbonyl (C=O) groups is 1. The molecule has 2 N–H and O–H groups in total. The molecule has 0 saturated heterocycles. The Morgan fingerprint density at radius 1 is 1.04 bits per heavy atom. The van der Waals surface area contributed by atoms with Gasteiger partial charge in [-0.15, -0.1) is 0 Å². The molecule has 0 fully saturated rings. The molecule has 0 bridgehead atoms. The summed E-state index contributed by atoms with van der Waals surface area (Å²) in [5, 5.41) is 10.1. The number of nitrogens with zero attached hydrogens (tertiary/aromatic N) is 1. The second-order valence-electron chi connectivity index (χ2n) is 5.90. The second kappa shape index (κ2) is 6.76. The van der Waals surface area contributed by atoms with Crippen molar-refractivity contribution in [1.82, 2.24) is 9.97 Å². The van der Waals surface area contributed by atoms with Crippen molar-refractivity contribution in [2.24, 2.45) is 0 Å². The van der Waals surface area contributed by atoms with Crippen LogP contribution in [-0.4, -0.2) is 21.0 Å². The normalized spacial score (nSPS) is 10.7. The van der Waals surface area contributed by atoms with Gasteiger partial charge in [0.25, 0.3) is 0 Å². The Balaban J connectivity index is 1.62. The van der Waals surface area contributed by atoms with E-state index in [-0.39, 0.29) is 16.6 Å². The molecule has 0 radical (unpaired) electrons. The number of ether oxygens (including phenoxy) is 1. The van der Waals surface area contributed by atoms with Gasteiger partial charge in [0.1, 0.15) is 11.5 Å². The first-order valence-electron chi connectivity index (χ1n) is 8.19. The summed E-state index contributed by atoms with van der Waals surface area (Å²) < 4.78 is 5.32. The summed E-state index contributed by atoms with van der Waals surface area (Å²) in [7, 11) is 0. The standard InChI is InChI=1S/C21H14N2O4/c24-18-5-1-4-16-20(18)19(25)11-17(23-16)13-6-8-15(9-7-13)27-21(26)14-3-2-10-22-12-14/h1-12,24H,(H,23,25). The van der Waals surface area contributed by atoms with Crippen molar-refractivity contribution < 1.29 is 14.6 Å². The fourth-order valence-corrected chi connectivity index (χ4v) is 2.80. The van der Waals surface area contributed by atoms with Gasteiger partial charge in [-0.1, -0.05) is 6.07 Å². The van der Waals surface area contributed by atoms with Crippen molar-refractivity contribution in [1.29, 1.82) is 0 Å². The molecule has 6 nitrogen and oxygen atoms in total. The highest BCUT2D eigenvalue weighted by atomic mass is 16.5. The van der Waals surface area contributed by atoms with Crippen LogP contribution in [0.15, 0.2) is 77.9 Å². The van der Waals surface area contributed by atoms with E-state index in [0.717, 1.165) is 5.56 Å². The summed E-state index contributed by atoms with van der Waals surface area (Å²) in [5.74, 6) is -0.170. The highest BCUT2D eigenvalue weighted by molar-refractivity contribution is 5.90. The molecule has 0 aliphatic rings. The maximum atomic E-state index is 12.3. The van der Waals surface area contributed by atoms with Crippen molar-refractivity contribution in [2.45, 2.75) is 0 Å². The third-order valence-electron chi connectivity index (χ3n) is 4.11. The predicted octanol–water partition coefficient (Wildman–Crippen LogP) is 3.51. The number of H-pyrrole nitrogens is 1. The topological polar surface area (TPSA) is 92.3 Å². The van der Waals surface area contributed by atoms with E-state index in [1.54, 1.807) is 54.7 Å². The molecular weight excluding hydrogens is 344 g/mol. The average Bonchev–Trinajstić information content (AvgIpc) is 2.69. The smallest absolute Gasteiger partial charge is 0.345 e. The van der Waals surface area contributed by atoms with Crippen LogP contribution in [0.3, 0.4) is 0 Å². The number of phenolic OH excluding ortho intramolecular Hbond substituents is 1. The lowest BCUT2D eigenvalue weighted by molar-refractivity contribution is 0.0734. The summed E-state index contributed by atoms with van der Waals surface area (Å²) in [6.07, 6.45) is 3.02. The average molecular weight is 358 g/mol. The Labute approximate surface area is 153 Å². The van der Waals surface area contributed by atoms with E-state index in [1.165, 1.54) is 18.3 Å². The van der Waals surface area contributed by atoms with Crippen LogP contribution in [0.5, 0.6) is 11.5 Å². The lowest BCUT2D eigenvalue weighted by Crippen LogP contribution is -2.08. The number of rotatable bonds is 3. The molecule has 0 saturated carbocycles. The molecule has 27 heavy (non-hydrogen) atoms. The zero-order valence-electron chi connectivity index (χ0n) is 14.0. The molecule has 2 aromatic carbocycles. The first kappa shape index (κ1) is 16.5. The number of hydrogen-bond donors (Lipinski definition) is 2. The second-order valence-corrected chi connectivity index (χ2v) is 5.90. The van der Waals surface area contributed by atoms with E-state index in [1.807, 2.05) is 0 Å². The maximum absolute atomic E-state index is 12.3. The van der Waals surface area contributed by atoms with Gasteiger partial charge in [-0.25, -0.2) is 4.79 Å². The summed E-state index contributed by atoms with van der Waals surface area (Å²) >= 11 is 0. The van der Waals surface area contributed by atoms with Gasteiger partial charge in [-0.3, -0.25) is 9.78 Å². The fourth-order valence-electron chi connectivity index (χ4n) is 2.80. The minimum absolute atomic E-state index is 0.0574. The van der Waals surface area contributed by atoms with Crippen molar-refractivity contribution >= 4 is 16.9 Å². The maximum Gasteiger partial charge on any atom is 0.345 e. The van der Waals surface area contributed by atoms with Crippen LogP contribution in [0, 0.1) is 0 Å². The van der Waals surface area contributed by atoms with Gasteiger partial charge in [0.2, 0.25) is 0 Å². The molecule has 132 valence electrons. The molecule has 2 heterocycles. The molecule has 0 aliphatic heterocycles. The Hall–Kier alpha value is -3.93. The van der Waals surface area contributed by atoms with Crippen LogP contribution in [0.25, 0.3) is 22.2 Å². The molecule has 0 unspecified atom stereocenters. The lowest BCUT2D eigenvalue weighted by atomic mass is 10.1. The van der Waals surface area contributed by atoms with Gasteiger partial charge in [-0.2, -0.15) is 0 Å². The molecular formula is C21H14N2O4. The largest absolute Gasteiger partial charge is 0.507 e. The number of aromatic amines is 1. The van der Waals surface area contributed by atoms with Crippen LogP contribution in [-0.2, 0) is 0 Å². The Morgan fingerprint density at radius 2 is 1.85 bits per heavy atom. The van der Waals surface area contributed by atoms with Gasteiger partial charge >= 0.3 is 5.97 Å². The number of benzene rings is 2. The number of hydrogen-bond acceptors (Lipinski definition) is 5. The van der Waals surface area contributed by atoms with E-state index in [2.05, 4.69) is 9.97 Å². The van der Waals surface area contributed by atoms with E-state index in [0.29, 0.717) is 22.5 Å². The van der Waals surface area contributed by atoms with E-state index < -0.39 is 5.97 Å². The SMILES string of the molecule is O=C(Oc1ccc(-c2cc(=O)c3c(O)cccc3[nH]2)cc1)c1cccnc1.